The Bertz CT molecular complexity index is 307. The molecule has 84 valence electrons. The number of rotatable bonds is 4. The van der Waals surface area contributed by atoms with Crippen LogP contribution in [0.2, 0.25) is 0 Å². The average Bonchev–Trinajstić information content (AvgIpc) is 2.84. The van der Waals surface area contributed by atoms with Crippen LogP contribution in [0.25, 0.3) is 0 Å². The first kappa shape index (κ1) is 11.6. The first-order valence-electron chi connectivity index (χ1n) is 5.30. The predicted molar refractivity (Wildman–Crippen MR) is 65.2 cm³/mol. The number of aliphatic hydroxyl groups is 1. The number of ether oxygens (including phenoxy) is 1. The fraction of sp³-hybridized carbons (Fsp3) is 0.636. The molecule has 0 saturated carbocycles. The van der Waals surface area contributed by atoms with Crippen molar-refractivity contribution >= 4 is 27.3 Å². The van der Waals surface area contributed by atoms with Crippen molar-refractivity contribution in [3.8, 4) is 0 Å². The van der Waals surface area contributed by atoms with Gasteiger partial charge in [-0.25, -0.2) is 0 Å². The van der Waals surface area contributed by atoms with Crippen LogP contribution in [0, 0.1) is 0 Å². The lowest BCUT2D eigenvalue weighted by atomic mass is 10.1. The topological polar surface area (TPSA) is 29.5 Å². The van der Waals surface area contributed by atoms with E-state index >= 15 is 0 Å². The Labute approximate surface area is 102 Å². The highest BCUT2D eigenvalue weighted by atomic mass is 79.9. The van der Waals surface area contributed by atoms with Gasteiger partial charge in [0.2, 0.25) is 0 Å². The van der Waals surface area contributed by atoms with Crippen molar-refractivity contribution in [3.05, 3.63) is 20.8 Å². The average molecular weight is 291 g/mol. The van der Waals surface area contributed by atoms with Gasteiger partial charge in [-0.15, -0.1) is 11.3 Å². The van der Waals surface area contributed by atoms with Crippen LogP contribution < -0.4 is 0 Å². The largest absolute Gasteiger partial charge is 0.388 e. The Kier molecular flexibility index (Phi) is 4.20. The standard InChI is InChI=1S/C11H15BrO2S/c12-11-6-5-10(15-11)9(13)4-3-8-2-1-7-14-8/h5-6,8-9,13H,1-4,7H2. The quantitative estimate of drug-likeness (QED) is 0.920. The van der Waals surface area contributed by atoms with Gasteiger partial charge in [-0.2, -0.15) is 0 Å². The van der Waals surface area contributed by atoms with Crippen molar-refractivity contribution in [1.82, 2.24) is 0 Å². The molecule has 1 saturated heterocycles. The maximum Gasteiger partial charge on any atom is 0.0883 e. The molecule has 1 aliphatic heterocycles. The number of hydrogen-bond acceptors (Lipinski definition) is 3. The van der Waals surface area contributed by atoms with Gasteiger partial charge in [0, 0.05) is 11.5 Å². The molecule has 1 fully saturated rings. The molecule has 2 atom stereocenters. The van der Waals surface area contributed by atoms with Gasteiger partial charge in [0.05, 0.1) is 16.0 Å². The zero-order chi connectivity index (χ0) is 10.7. The van der Waals surface area contributed by atoms with Crippen LogP contribution >= 0.6 is 27.3 Å². The molecule has 2 heterocycles. The summed E-state index contributed by atoms with van der Waals surface area (Å²) in [5.74, 6) is 0. The van der Waals surface area contributed by atoms with E-state index in [1.807, 2.05) is 12.1 Å². The van der Waals surface area contributed by atoms with Crippen LogP contribution in [0.15, 0.2) is 15.9 Å². The summed E-state index contributed by atoms with van der Waals surface area (Å²) in [6, 6.07) is 3.96. The summed E-state index contributed by atoms with van der Waals surface area (Å²) in [5, 5.41) is 9.93. The number of thiophene rings is 1. The van der Waals surface area contributed by atoms with Gasteiger partial charge in [0.25, 0.3) is 0 Å². The third-order valence-corrected chi connectivity index (χ3v) is 4.43. The zero-order valence-corrected chi connectivity index (χ0v) is 10.9. The first-order valence-corrected chi connectivity index (χ1v) is 6.91. The van der Waals surface area contributed by atoms with Crippen molar-refractivity contribution in [2.24, 2.45) is 0 Å². The molecule has 2 rings (SSSR count). The lowest BCUT2D eigenvalue weighted by molar-refractivity contribution is 0.0820. The van der Waals surface area contributed by atoms with E-state index < -0.39 is 0 Å². The minimum absolute atomic E-state index is 0.328. The van der Waals surface area contributed by atoms with E-state index in [2.05, 4.69) is 15.9 Å². The summed E-state index contributed by atoms with van der Waals surface area (Å²) in [4.78, 5) is 1.04. The second-order valence-electron chi connectivity index (χ2n) is 3.87. The molecule has 0 bridgehead atoms. The smallest absolute Gasteiger partial charge is 0.0883 e. The highest BCUT2D eigenvalue weighted by Gasteiger charge is 2.18. The molecule has 2 unspecified atom stereocenters. The van der Waals surface area contributed by atoms with Gasteiger partial charge < -0.3 is 9.84 Å². The summed E-state index contributed by atoms with van der Waals surface area (Å²) < 4.78 is 6.60. The monoisotopic (exact) mass is 290 g/mol. The van der Waals surface area contributed by atoms with E-state index in [1.165, 1.54) is 6.42 Å². The molecule has 0 radical (unpaired) electrons. The van der Waals surface area contributed by atoms with Crippen LogP contribution in [0.5, 0.6) is 0 Å². The molecule has 1 aromatic heterocycles. The third kappa shape index (κ3) is 3.28. The molecular weight excluding hydrogens is 276 g/mol. The van der Waals surface area contributed by atoms with Crippen molar-refractivity contribution in [3.63, 3.8) is 0 Å². The summed E-state index contributed by atoms with van der Waals surface area (Å²) in [6.45, 7) is 0.894. The van der Waals surface area contributed by atoms with E-state index in [-0.39, 0.29) is 6.10 Å². The zero-order valence-electron chi connectivity index (χ0n) is 8.49. The summed E-state index contributed by atoms with van der Waals surface area (Å²) in [7, 11) is 0. The molecule has 0 aliphatic carbocycles. The van der Waals surface area contributed by atoms with Crippen molar-refractivity contribution in [2.75, 3.05) is 6.61 Å². The van der Waals surface area contributed by atoms with Crippen molar-refractivity contribution < 1.29 is 9.84 Å². The Morgan fingerprint density at radius 3 is 3.07 bits per heavy atom. The van der Waals surface area contributed by atoms with E-state index in [0.717, 1.165) is 34.5 Å². The molecule has 0 spiro atoms. The molecule has 2 nitrogen and oxygen atoms in total. The van der Waals surface area contributed by atoms with Gasteiger partial charge in [-0.3, -0.25) is 0 Å². The van der Waals surface area contributed by atoms with Crippen LogP contribution in [0.3, 0.4) is 0 Å². The Balaban J connectivity index is 1.79. The summed E-state index contributed by atoms with van der Waals surface area (Å²) in [6.07, 6.45) is 4.15. The predicted octanol–water partition coefficient (Wildman–Crippen LogP) is 3.50. The SMILES string of the molecule is OC(CCC1CCCO1)c1ccc(Br)s1. The number of hydrogen-bond donors (Lipinski definition) is 1. The van der Waals surface area contributed by atoms with Gasteiger partial charge in [-0.1, -0.05) is 0 Å². The second-order valence-corrected chi connectivity index (χ2v) is 6.36. The normalized spacial score (nSPS) is 23.2. The van der Waals surface area contributed by atoms with E-state index in [9.17, 15) is 5.11 Å². The molecule has 0 aromatic carbocycles. The summed E-state index contributed by atoms with van der Waals surface area (Å²) in [5.41, 5.74) is 0. The fourth-order valence-electron chi connectivity index (χ4n) is 1.87. The molecular formula is C11H15BrO2S. The Hall–Kier alpha value is 0.1000. The van der Waals surface area contributed by atoms with Gasteiger partial charge >= 0.3 is 0 Å². The van der Waals surface area contributed by atoms with Crippen LogP contribution in [-0.2, 0) is 4.74 Å². The van der Waals surface area contributed by atoms with E-state index in [4.69, 9.17) is 4.74 Å². The fourth-order valence-corrected chi connectivity index (χ4v) is 3.31. The first-order chi connectivity index (χ1) is 7.25. The van der Waals surface area contributed by atoms with Gasteiger partial charge in [-0.05, 0) is 53.7 Å². The van der Waals surface area contributed by atoms with Gasteiger partial charge in [0.15, 0.2) is 0 Å². The highest BCUT2D eigenvalue weighted by molar-refractivity contribution is 9.11. The molecule has 1 aliphatic rings. The number of aliphatic hydroxyl groups excluding tert-OH is 1. The van der Waals surface area contributed by atoms with Crippen LogP contribution in [0.4, 0.5) is 0 Å². The third-order valence-electron chi connectivity index (χ3n) is 2.71. The van der Waals surface area contributed by atoms with Crippen molar-refractivity contribution in [1.29, 1.82) is 0 Å². The minimum Gasteiger partial charge on any atom is -0.388 e. The second kappa shape index (κ2) is 5.43. The molecule has 4 heteroatoms. The number of halogens is 1. The highest BCUT2D eigenvalue weighted by Crippen LogP contribution is 2.30. The molecule has 0 amide bonds. The molecule has 15 heavy (non-hydrogen) atoms. The lowest BCUT2D eigenvalue weighted by Crippen LogP contribution is -2.07. The minimum atomic E-state index is -0.328. The van der Waals surface area contributed by atoms with E-state index in [1.54, 1.807) is 11.3 Å². The van der Waals surface area contributed by atoms with Crippen LogP contribution in [-0.4, -0.2) is 17.8 Å². The van der Waals surface area contributed by atoms with Gasteiger partial charge in [0.1, 0.15) is 0 Å². The summed E-state index contributed by atoms with van der Waals surface area (Å²) >= 11 is 5.00. The Morgan fingerprint density at radius 1 is 1.60 bits per heavy atom. The Morgan fingerprint density at radius 2 is 2.47 bits per heavy atom. The molecule has 1 N–H and O–H groups in total. The van der Waals surface area contributed by atoms with Crippen LogP contribution in [0.1, 0.15) is 36.7 Å². The maximum atomic E-state index is 9.93. The maximum absolute atomic E-state index is 9.93. The lowest BCUT2D eigenvalue weighted by Gasteiger charge is -2.12. The van der Waals surface area contributed by atoms with E-state index in [0.29, 0.717) is 6.10 Å². The molecule has 1 aromatic rings. The van der Waals surface area contributed by atoms with Crippen molar-refractivity contribution in [2.45, 2.75) is 37.9 Å².